The molecule has 1 aromatic heterocycles. The highest BCUT2D eigenvalue weighted by Gasteiger charge is 2.22. The first-order valence-electron chi connectivity index (χ1n) is 4.52. The quantitative estimate of drug-likeness (QED) is 0.754. The van der Waals surface area contributed by atoms with Gasteiger partial charge in [0.15, 0.2) is 20.8 Å². The highest BCUT2D eigenvalue weighted by molar-refractivity contribution is 7.91. The summed E-state index contributed by atoms with van der Waals surface area (Å²) in [6, 6.07) is 0. The minimum absolute atomic E-state index is 0.168. The van der Waals surface area contributed by atoms with Crippen molar-refractivity contribution in [3.63, 3.8) is 0 Å². The zero-order chi connectivity index (χ0) is 10.9. The maximum Gasteiger partial charge on any atom is 0.187 e. The van der Waals surface area contributed by atoms with Gasteiger partial charge in [-0.25, -0.2) is 8.42 Å². The minimum atomic E-state index is -2.89. The zero-order valence-electron chi connectivity index (χ0n) is 7.89. The Balaban J connectivity index is 2.16. The van der Waals surface area contributed by atoms with Gasteiger partial charge in [-0.05, 0) is 6.42 Å². The summed E-state index contributed by atoms with van der Waals surface area (Å²) in [4.78, 5) is 1.89. The average Bonchev–Trinajstić information content (AvgIpc) is 2.49. The lowest BCUT2D eigenvalue weighted by molar-refractivity contribution is 0.597. The van der Waals surface area contributed by atoms with Crippen LogP contribution >= 0.6 is 23.3 Å². The molecule has 2 heterocycles. The molecule has 0 atom stereocenters. The summed E-state index contributed by atoms with van der Waals surface area (Å²) in [5, 5.41) is 0.360. The summed E-state index contributed by atoms with van der Waals surface area (Å²) >= 11 is 6.89. The van der Waals surface area contributed by atoms with Gasteiger partial charge in [-0.3, -0.25) is 0 Å². The average molecular weight is 268 g/mol. The van der Waals surface area contributed by atoms with Crippen molar-refractivity contribution in [1.82, 2.24) is 8.75 Å². The fourth-order valence-corrected chi connectivity index (χ4v) is 3.56. The monoisotopic (exact) mass is 267 g/mol. The van der Waals surface area contributed by atoms with Crippen LogP contribution < -0.4 is 4.90 Å². The lowest BCUT2D eigenvalue weighted by Crippen LogP contribution is -2.27. The molecule has 0 N–H and O–H groups in total. The van der Waals surface area contributed by atoms with Gasteiger partial charge in [-0.2, -0.15) is 8.75 Å². The van der Waals surface area contributed by atoms with Crippen molar-refractivity contribution in [2.24, 2.45) is 0 Å². The third kappa shape index (κ3) is 2.59. The fourth-order valence-electron chi connectivity index (χ4n) is 1.51. The van der Waals surface area contributed by atoms with Crippen molar-refractivity contribution < 1.29 is 8.42 Å². The molecule has 84 valence electrons. The number of hydrogen-bond acceptors (Lipinski definition) is 6. The fraction of sp³-hybridized carbons (Fsp3) is 0.714. The van der Waals surface area contributed by atoms with Gasteiger partial charge < -0.3 is 4.90 Å². The molecule has 0 radical (unpaired) electrons. The normalized spacial score (nSPS) is 21.3. The van der Waals surface area contributed by atoms with Crippen LogP contribution in [-0.2, 0) is 9.84 Å². The largest absolute Gasteiger partial charge is 0.352 e. The van der Waals surface area contributed by atoms with E-state index in [0.717, 1.165) is 11.7 Å². The molecule has 0 saturated carbocycles. The third-order valence-electron chi connectivity index (χ3n) is 2.29. The van der Waals surface area contributed by atoms with Crippen LogP contribution in [0.15, 0.2) is 0 Å². The molecule has 1 aliphatic rings. The Labute approximate surface area is 97.3 Å². The standard InChI is InChI=1S/C7H10ClN3O2S2/c8-6-7(10-14-9-6)11-2-1-4-15(12,13)5-3-11/h1-5H2. The molecule has 0 amide bonds. The van der Waals surface area contributed by atoms with Crippen LogP contribution in [0.3, 0.4) is 0 Å². The molecule has 15 heavy (non-hydrogen) atoms. The maximum absolute atomic E-state index is 11.4. The van der Waals surface area contributed by atoms with Gasteiger partial charge in [0.1, 0.15) is 0 Å². The molecule has 0 aromatic carbocycles. The summed E-state index contributed by atoms with van der Waals surface area (Å²) in [7, 11) is -2.89. The Morgan fingerprint density at radius 1 is 1.27 bits per heavy atom. The SMILES string of the molecule is O=S1(=O)CCCN(c2nsnc2Cl)CC1. The van der Waals surface area contributed by atoms with E-state index in [1.165, 1.54) is 0 Å². The molecule has 8 heteroatoms. The van der Waals surface area contributed by atoms with Crippen molar-refractivity contribution in [3.8, 4) is 0 Å². The van der Waals surface area contributed by atoms with Gasteiger partial charge in [-0.1, -0.05) is 11.6 Å². The van der Waals surface area contributed by atoms with Crippen LogP contribution in [0.5, 0.6) is 0 Å². The van der Waals surface area contributed by atoms with E-state index in [9.17, 15) is 8.42 Å². The summed E-state index contributed by atoms with van der Waals surface area (Å²) in [6.07, 6.45) is 0.621. The van der Waals surface area contributed by atoms with Crippen LogP contribution in [0.4, 0.5) is 5.82 Å². The predicted molar refractivity (Wildman–Crippen MR) is 60.4 cm³/mol. The van der Waals surface area contributed by atoms with Crippen LogP contribution in [0, 0.1) is 0 Å². The molecular weight excluding hydrogens is 258 g/mol. The van der Waals surface area contributed by atoms with Gasteiger partial charge in [0.2, 0.25) is 0 Å². The topological polar surface area (TPSA) is 63.2 Å². The van der Waals surface area contributed by atoms with E-state index < -0.39 is 9.84 Å². The van der Waals surface area contributed by atoms with Crippen molar-refractivity contribution >= 4 is 39.0 Å². The number of anilines is 1. The molecular formula is C7H10ClN3O2S2. The minimum Gasteiger partial charge on any atom is -0.352 e. The van der Waals surface area contributed by atoms with Crippen molar-refractivity contribution in [1.29, 1.82) is 0 Å². The van der Waals surface area contributed by atoms with Crippen LogP contribution in [0.1, 0.15) is 6.42 Å². The first kappa shape index (κ1) is 11.1. The second-order valence-electron chi connectivity index (χ2n) is 3.37. The highest BCUT2D eigenvalue weighted by atomic mass is 35.5. The molecule has 0 unspecified atom stereocenters. The smallest absolute Gasteiger partial charge is 0.187 e. The summed E-state index contributed by atoms with van der Waals surface area (Å²) in [5.74, 6) is 1.03. The molecule has 1 aromatic rings. The molecule has 0 spiro atoms. The van der Waals surface area contributed by atoms with Gasteiger partial charge in [0, 0.05) is 13.1 Å². The molecule has 0 aliphatic carbocycles. The Bertz CT molecular complexity index is 445. The zero-order valence-corrected chi connectivity index (χ0v) is 10.3. The van der Waals surface area contributed by atoms with E-state index in [4.69, 9.17) is 11.6 Å². The first-order valence-corrected chi connectivity index (χ1v) is 7.45. The summed E-state index contributed by atoms with van der Waals surface area (Å²) < 4.78 is 30.7. The number of nitrogens with zero attached hydrogens (tertiary/aromatic N) is 3. The Hall–Kier alpha value is -0.400. The molecule has 2 rings (SSSR count). The van der Waals surface area contributed by atoms with Gasteiger partial charge >= 0.3 is 0 Å². The highest BCUT2D eigenvalue weighted by Crippen LogP contribution is 2.23. The van der Waals surface area contributed by atoms with Gasteiger partial charge in [0.05, 0.1) is 23.2 Å². The maximum atomic E-state index is 11.4. The van der Waals surface area contributed by atoms with Crippen molar-refractivity contribution in [3.05, 3.63) is 5.15 Å². The van der Waals surface area contributed by atoms with Crippen LogP contribution in [-0.4, -0.2) is 41.8 Å². The molecule has 1 fully saturated rings. The summed E-state index contributed by atoms with van der Waals surface area (Å²) in [5.41, 5.74) is 0. The number of sulfone groups is 1. The number of hydrogen-bond donors (Lipinski definition) is 0. The molecule has 0 bridgehead atoms. The van der Waals surface area contributed by atoms with Crippen molar-refractivity contribution in [2.75, 3.05) is 29.5 Å². The van der Waals surface area contributed by atoms with E-state index in [-0.39, 0.29) is 11.5 Å². The van der Waals surface area contributed by atoms with Gasteiger partial charge in [0.25, 0.3) is 0 Å². The van der Waals surface area contributed by atoms with E-state index in [1.54, 1.807) is 0 Å². The van der Waals surface area contributed by atoms with Crippen molar-refractivity contribution in [2.45, 2.75) is 6.42 Å². The van der Waals surface area contributed by atoms with Gasteiger partial charge in [-0.15, -0.1) is 0 Å². The first-order chi connectivity index (χ1) is 7.08. The number of halogens is 1. The van der Waals surface area contributed by atoms with E-state index >= 15 is 0 Å². The molecule has 5 nitrogen and oxygen atoms in total. The Morgan fingerprint density at radius 3 is 2.73 bits per heavy atom. The number of rotatable bonds is 1. The third-order valence-corrected chi connectivity index (χ3v) is 4.88. The Morgan fingerprint density at radius 2 is 2.07 bits per heavy atom. The summed E-state index contributed by atoms with van der Waals surface area (Å²) in [6.45, 7) is 1.12. The molecule has 1 aliphatic heterocycles. The Kier molecular flexibility index (Phi) is 3.13. The van der Waals surface area contributed by atoms with Crippen LogP contribution in [0.25, 0.3) is 0 Å². The second kappa shape index (κ2) is 4.23. The number of aromatic nitrogens is 2. The predicted octanol–water partition coefficient (Wildman–Crippen LogP) is 0.816. The lowest BCUT2D eigenvalue weighted by atomic mass is 10.4. The van der Waals surface area contributed by atoms with E-state index in [2.05, 4.69) is 8.75 Å². The van der Waals surface area contributed by atoms with Crippen LogP contribution in [0.2, 0.25) is 5.15 Å². The molecule has 1 saturated heterocycles. The van der Waals surface area contributed by atoms with E-state index in [0.29, 0.717) is 30.5 Å². The second-order valence-corrected chi connectivity index (χ2v) is 6.56. The lowest BCUT2D eigenvalue weighted by Gasteiger charge is -2.18. The van der Waals surface area contributed by atoms with E-state index in [1.807, 2.05) is 4.90 Å².